The highest BCUT2D eigenvalue weighted by molar-refractivity contribution is 7.95. The zero-order chi connectivity index (χ0) is 107. The fraction of sp³-hybridized carbons (Fsp3) is 0.0971. The van der Waals surface area contributed by atoms with Gasteiger partial charge in [-0.25, -0.2) is 52.1 Å². The highest BCUT2D eigenvalue weighted by Crippen LogP contribution is 2.37. The average Bonchev–Trinajstić information content (AvgIpc) is 1.59. The molecule has 1 aliphatic carbocycles. The number of hydrogen-bond acceptors (Lipinski definition) is 34. The third-order valence-electron chi connectivity index (χ3n) is 22.2. The van der Waals surface area contributed by atoms with Crippen LogP contribution in [0, 0.1) is 0 Å². The molecule has 20 rings (SSSR count). The molecule has 0 saturated carbocycles. The first-order valence-electron chi connectivity index (χ1n) is 44.0. The topological polar surface area (TPSA) is 503 Å². The van der Waals surface area contributed by atoms with E-state index in [1.807, 2.05) is 18.2 Å². The van der Waals surface area contributed by atoms with Gasteiger partial charge in [0.15, 0.2) is 95.0 Å². The van der Waals surface area contributed by atoms with Crippen LogP contribution in [0.4, 0.5) is 11.4 Å². The number of thiophene rings is 5. The molecule has 0 amide bonds. The minimum atomic E-state index is -3.76. The molecule has 150 heavy (non-hydrogen) atoms. The minimum Gasteiger partial charge on any atom is -0.322 e. The number of hydrogen-bond donors (Lipinski definition) is 3. The van der Waals surface area contributed by atoms with Gasteiger partial charge in [-0.2, -0.15) is 5.10 Å². The Bertz CT molecular complexity index is 9060. The van der Waals surface area contributed by atoms with E-state index in [4.69, 9.17) is 58.0 Å². The summed E-state index contributed by atoms with van der Waals surface area (Å²) in [5, 5.41) is 18.1. The minimum absolute atomic E-state index is 0.0197. The number of benzene rings is 5. The first kappa shape index (κ1) is 109. The van der Waals surface area contributed by atoms with Crippen LogP contribution in [0.3, 0.4) is 0 Å². The van der Waals surface area contributed by atoms with Crippen molar-refractivity contribution in [3.8, 4) is 22.6 Å². The molecule has 17 aromatic rings. The fourth-order valence-corrected chi connectivity index (χ4v) is 29.4. The highest BCUT2D eigenvalue weighted by Gasteiger charge is 2.42. The Morgan fingerprint density at radius 2 is 0.687 bits per heavy atom. The molecule has 758 valence electrons. The molecule has 0 spiro atoms. The summed E-state index contributed by atoms with van der Waals surface area (Å²) in [4.78, 5) is 165. The van der Waals surface area contributed by atoms with Crippen molar-refractivity contribution in [3.63, 3.8) is 0 Å². The number of aliphatic imine (C=N–C) groups is 1. The SMILES string of the molecule is O=C(Cc1ccc(-c2cc(=O)[nH]c3ccccc3c2=O)nc1)CS(=O)(=O)c1ccc(Cl)s1.O=C(Cc1ccc(-c2n[nH]c3ccccc3c2=O)nc1)CS(=O)(=O)c1ccc(Cl)s1.O=C(Cc1ccc(C2=Cc3ccccc3C2=O)nc1)CS(=O)(=O)c1ccc(Cl)s1.O=C(Cc1ccc(C2=Nc3ccccc3C2=O)nc1)CS(=O)(=O)c1ccc(Cl)s1.O=C(Cc1ccc(C2=[N+](O)c3ccccc3C2=O)nc1)CS(=O)(=O)c1ccc(Cl)s1. The van der Waals surface area contributed by atoms with Crippen molar-refractivity contribution >= 4 is 266 Å². The molecule has 32 nitrogen and oxygen atoms in total. The summed E-state index contributed by atoms with van der Waals surface area (Å²) in [6.07, 6.45) is 8.49. The number of sulfone groups is 5. The van der Waals surface area contributed by atoms with Crippen LogP contribution in [0.25, 0.3) is 56.1 Å². The Morgan fingerprint density at radius 3 is 1.08 bits per heavy atom. The maximum atomic E-state index is 12.9. The molecular weight excluding hydrogens is 2230 g/mol. The Hall–Kier alpha value is -14.2. The lowest BCUT2D eigenvalue weighted by molar-refractivity contribution is -0.710. The van der Waals surface area contributed by atoms with E-state index in [9.17, 15) is 100 Å². The molecule has 47 heteroatoms. The van der Waals surface area contributed by atoms with Gasteiger partial charge in [-0.3, -0.25) is 83.0 Å². The van der Waals surface area contributed by atoms with Gasteiger partial charge in [-0.1, -0.05) is 161 Å². The predicted octanol–water partition coefficient (Wildman–Crippen LogP) is 17.5. The number of carbonyl (C=O) groups excluding carboxylic acids is 8. The van der Waals surface area contributed by atoms with Gasteiger partial charge in [-0.05, 0) is 173 Å². The Morgan fingerprint density at radius 1 is 0.333 bits per heavy atom. The molecule has 3 aliphatic rings. The van der Waals surface area contributed by atoms with Crippen molar-refractivity contribution in [3.05, 3.63) is 399 Å². The average molecular weight is 2300 g/mol. The zero-order valence-corrected chi connectivity index (χ0v) is 88.7. The number of Topliss-reactive ketones (excluding diaryl/α,β-unsaturated/α-hetero) is 8. The number of rotatable bonds is 30. The number of nitrogens with zero attached hydrogens (tertiary/aromatic N) is 8. The number of aromatic amines is 2. The molecule has 3 N–H and O–H groups in total. The van der Waals surface area contributed by atoms with Crippen LogP contribution in [-0.2, 0) is 105 Å². The largest absolute Gasteiger partial charge is 0.331 e. The van der Waals surface area contributed by atoms with Gasteiger partial charge in [0.05, 0.1) is 66.7 Å². The van der Waals surface area contributed by atoms with Gasteiger partial charge in [0.25, 0.3) is 11.5 Å². The molecule has 2 aliphatic heterocycles. The summed E-state index contributed by atoms with van der Waals surface area (Å²) >= 11 is 33.4. The van der Waals surface area contributed by atoms with E-state index in [2.05, 4.69) is 45.1 Å². The smallest absolute Gasteiger partial charge is 0.322 e. The van der Waals surface area contributed by atoms with Gasteiger partial charge >= 0.3 is 5.71 Å². The molecule has 5 aromatic carbocycles. The molecule has 0 saturated heterocycles. The van der Waals surface area contributed by atoms with E-state index in [-0.39, 0.29) is 115 Å². The van der Waals surface area contributed by atoms with Gasteiger partial charge in [-0.15, -0.1) is 56.7 Å². The fourth-order valence-electron chi connectivity index (χ4n) is 15.3. The lowest BCUT2D eigenvalue weighted by atomic mass is 10.1. The van der Waals surface area contributed by atoms with Crippen LogP contribution in [0.1, 0.15) is 81.5 Å². The summed E-state index contributed by atoms with van der Waals surface area (Å²) in [7, 11) is -18.7. The number of aromatic nitrogens is 8. The Kier molecular flexibility index (Phi) is 33.6. The maximum Gasteiger partial charge on any atom is 0.331 e. The van der Waals surface area contributed by atoms with Crippen molar-refractivity contribution in [1.82, 2.24) is 40.1 Å². The number of ketones is 8. The number of para-hydroxylation sites is 4. The first-order chi connectivity index (χ1) is 71.5. The number of halogens is 5. The molecule has 0 radical (unpaired) electrons. The number of pyridine rings is 5. The number of nitrogens with one attached hydrogen (secondary N) is 2. The number of H-pyrrole nitrogens is 2. The van der Waals surface area contributed by atoms with Gasteiger partial charge in [0.2, 0.25) is 16.8 Å². The molecule has 0 fully saturated rings. The lowest BCUT2D eigenvalue weighted by Gasteiger charge is -2.04. The highest BCUT2D eigenvalue weighted by atomic mass is 35.5. The van der Waals surface area contributed by atoms with Crippen molar-refractivity contribution in [2.24, 2.45) is 4.99 Å². The summed E-state index contributed by atoms with van der Waals surface area (Å²) < 4.78 is 126. The summed E-state index contributed by atoms with van der Waals surface area (Å²) in [5.74, 6) is -6.08. The molecule has 12 aromatic heterocycles. The van der Waals surface area contributed by atoms with Crippen molar-refractivity contribution in [2.45, 2.75) is 53.2 Å². The van der Waals surface area contributed by atoms with E-state index in [1.165, 1.54) is 110 Å². The lowest BCUT2D eigenvalue weighted by Crippen LogP contribution is -2.20. The van der Waals surface area contributed by atoms with Crippen LogP contribution in [0.5, 0.6) is 0 Å². The van der Waals surface area contributed by atoms with Crippen molar-refractivity contribution in [2.75, 3.05) is 28.8 Å². The second kappa shape index (κ2) is 46.5. The van der Waals surface area contributed by atoms with Crippen molar-refractivity contribution in [1.29, 1.82) is 0 Å². The number of fused-ring (bicyclic) bond motifs is 5. The zero-order valence-electron chi connectivity index (χ0n) is 76.8. The van der Waals surface area contributed by atoms with E-state index in [0.29, 0.717) is 122 Å². The number of carbonyl (C=O) groups is 8. The first-order valence-corrected chi connectivity index (χ1v) is 58.2. The molecule has 14 heterocycles. The van der Waals surface area contributed by atoms with Gasteiger partial charge in [0, 0.05) is 107 Å². The monoisotopic (exact) mass is 2290 g/mol. The van der Waals surface area contributed by atoms with E-state index in [0.717, 1.165) is 67.0 Å². The summed E-state index contributed by atoms with van der Waals surface area (Å²) in [5.41, 5.74) is 8.92. The van der Waals surface area contributed by atoms with E-state index < -0.39 is 112 Å². The van der Waals surface area contributed by atoms with Gasteiger partial charge < -0.3 is 4.98 Å². The quantitative estimate of drug-likeness (QED) is 0.0278. The normalized spacial score (nSPS) is 12.6. The van der Waals surface area contributed by atoms with Crippen LogP contribution >= 0.6 is 115 Å². The van der Waals surface area contributed by atoms with Gasteiger partial charge in [0.1, 0.15) is 66.8 Å². The third kappa shape index (κ3) is 26.3. The van der Waals surface area contributed by atoms with Crippen LogP contribution in [0.15, 0.2) is 320 Å². The molecule has 0 bridgehead atoms. The Labute approximate surface area is 897 Å². The predicted molar refractivity (Wildman–Crippen MR) is 575 cm³/mol. The molecular formula is C103H70Cl5N10O22S10+. The number of allylic oxidation sites excluding steroid dienone is 1. The van der Waals surface area contributed by atoms with Crippen molar-refractivity contribution < 1.29 is 90.4 Å². The Balaban J connectivity index is 0.000000134. The standard InChI is InChI=1S/C22H15ClN2O5S2.C21H14ClNO4S2.C20H14ClN3O4S2.C20H14ClN2O5S2.C20H13ClN2O4S2/c23-19-7-8-21(31-19)32(29,30)12-14(26)9-13-5-6-17(24-11-13)16-10-20(27)25-18-4-2-1-3-15(18)22(16)28;22-19-7-8-20(28-19)29(26,27)12-15(24)9-13-5-6-18(23-11-13)17-10-14-3-1-2-4-16(14)21(17)25;21-17-7-8-18(29-17)30(27,28)11-13(25)9-12-5-6-16(22-10-12)19-20(26)14-3-1-2-4-15(14)23-24-19;21-17-7-8-18(29-17)30(27,28)11-13(24)9-12-5-6-15(22-10-12)19-20(25)14-3-1-2-4-16(14)23(19)26;21-17-7-8-18(28-17)29(26,27)11-13(24)9-12-5-6-16(22-10-12)19-20(25)14-3-1-2-4-15(14)23-19/h1-8,10-11H,9,12H2,(H,25,27);1-8,10-11H,9,12H2;1-8,10H,9,11H2,(H,23,26);1-8,10,26H,9,11H2;1-8,10H,9,11H2/q;;;+1;. The second-order valence-corrected chi connectivity index (χ2v) is 52.7. The van der Waals surface area contributed by atoms with Crippen LogP contribution in [-0.4, -0.2) is 179 Å². The molecule has 0 unspecified atom stereocenters. The van der Waals surface area contributed by atoms with E-state index >= 15 is 0 Å². The maximum absolute atomic E-state index is 12.9. The third-order valence-corrected chi connectivity index (χ3v) is 39.7. The molecule has 0 atom stereocenters. The van der Waals surface area contributed by atoms with Crippen LogP contribution in [0.2, 0.25) is 21.7 Å². The second-order valence-electron chi connectivity index (χ2n) is 33.1. The summed E-state index contributed by atoms with van der Waals surface area (Å²) in [6, 6.07) is 66.3. The van der Waals surface area contributed by atoms with E-state index in [1.54, 1.807) is 158 Å². The van der Waals surface area contributed by atoms with Crippen LogP contribution < -0.4 is 16.4 Å². The summed E-state index contributed by atoms with van der Waals surface area (Å²) in [6.45, 7) is 0.